The molecule has 0 unspecified atom stereocenters. The number of rotatable bonds is 8. The number of ether oxygens (including phenoxy) is 2. The molecule has 3 aromatic rings. The molecular formula is C22H25N3O2S. The number of aromatic nitrogens is 2. The first-order chi connectivity index (χ1) is 13.7. The van der Waals surface area contributed by atoms with Crippen LogP contribution in [-0.4, -0.2) is 33.8 Å². The zero-order chi connectivity index (χ0) is 19.2. The summed E-state index contributed by atoms with van der Waals surface area (Å²) < 4.78 is 14.8. The monoisotopic (exact) mass is 395 g/mol. The number of hydrogen-bond donors (Lipinski definition) is 1. The molecule has 1 fully saturated rings. The Balaban J connectivity index is 1.40. The van der Waals surface area contributed by atoms with E-state index < -0.39 is 5.79 Å². The zero-order valence-electron chi connectivity index (χ0n) is 15.7. The highest BCUT2D eigenvalue weighted by atomic mass is 32.2. The number of nitrogen functional groups attached to an aromatic ring is 1. The molecule has 1 aromatic heterocycles. The van der Waals surface area contributed by atoms with Crippen molar-refractivity contribution in [3.05, 3.63) is 78.9 Å². The number of benzene rings is 2. The Morgan fingerprint density at radius 3 is 2.71 bits per heavy atom. The molecule has 0 spiro atoms. The maximum atomic E-state index is 6.47. The lowest BCUT2D eigenvalue weighted by Crippen LogP contribution is -2.37. The highest BCUT2D eigenvalue weighted by molar-refractivity contribution is 7.99. The summed E-state index contributed by atoms with van der Waals surface area (Å²) in [7, 11) is 0. The van der Waals surface area contributed by atoms with Gasteiger partial charge in [0.05, 0.1) is 25.6 Å². The van der Waals surface area contributed by atoms with Gasteiger partial charge in [-0.05, 0) is 36.2 Å². The lowest BCUT2D eigenvalue weighted by molar-refractivity contribution is -0.180. The number of nitrogens with two attached hydrogens (primary N) is 1. The highest BCUT2D eigenvalue weighted by Crippen LogP contribution is 2.33. The molecule has 0 aliphatic carbocycles. The number of anilines is 1. The molecule has 4 rings (SSSR count). The third-order valence-corrected chi connectivity index (χ3v) is 5.99. The molecule has 0 amide bonds. The van der Waals surface area contributed by atoms with E-state index in [0.29, 0.717) is 13.2 Å². The number of imidazole rings is 1. The van der Waals surface area contributed by atoms with Crippen molar-refractivity contribution in [2.24, 2.45) is 0 Å². The van der Waals surface area contributed by atoms with E-state index in [-0.39, 0.29) is 6.10 Å². The van der Waals surface area contributed by atoms with Gasteiger partial charge in [-0.3, -0.25) is 0 Å². The van der Waals surface area contributed by atoms with Crippen molar-refractivity contribution >= 4 is 17.4 Å². The minimum absolute atomic E-state index is 0.0573. The molecular weight excluding hydrogens is 370 g/mol. The van der Waals surface area contributed by atoms with Gasteiger partial charge in [0, 0.05) is 35.2 Å². The maximum Gasteiger partial charge on any atom is 0.187 e. The average Bonchev–Trinajstić information content (AvgIpc) is 3.38. The molecule has 0 saturated carbocycles. The van der Waals surface area contributed by atoms with Gasteiger partial charge in [0.25, 0.3) is 0 Å². The summed E-state index contributed by atoms with van der Waals surface area (Å²) in [6, 6.07) is 18.4. The van der Waals surface area contributed by atoms with Crippen LogP contribution in [0.25, 0.3) is 0 Å². The summed E-state index contributed by atoms with van der Waals surface area (Å²) in [5.74, 6) is 0.226. The van der Waals surface area contributed by atoms with Crippen molar-refractivity contribution in [3.8, 4) is 0 Å². The molecule has 146 valence electrons. The van der Waals surface area contributed by atoms with Gasteiger partial charge in [0.2, 0.25) is 0 Å². The second-order valence-electron chi connectivity index (χ2n) is 7.06. The standard InChI is InChI=1S/C22H25N3O2S/c23-19-6-8-21(9-7-19)28-15-20-14-26-22(27-20,16-25-13-12-24-17-25)11-10-18-4-2-1-3-5-18/h1-9,12-13,17,20H,10-11,14-16,23H2/t20-,22-/m1/s1. The summed E-state index contributed by atoms with van der Waals surface area (Å²) in [6.07, 6.45) is 7.32. The normalized spacial score (nSPS) is 21.8. The molecule has 0 radical (unpaired) electrons. The minimum Gasteiger partial charge on any atom is -0.399 e. The van der Waals surface area contributed by atoms with E-state index in [1.165, 1.54) is 10.5 Å². The Hall–Kier alpha value is -2.28. The van der Waals surface area contributed by atoms with E-state index in [0.717, 1.165) is 24.3 Å². The lowest BCUT2D eigenvalue weighted by atomic mass is 10.0. The fraction of sp³-hybridized carbons (Fsp3) is 0.318. The first-order valence-electron chi connectivity index (χ1n) is 9.51. The number of nitrogens with zero attached hydrogens (tertiary/aromatic N) is 2. The molecule has 1 aliphatic heterocycles. The lowest BCUT2D eigenvalue weighted by Gasteiger charge is -2.28. The third kappa shape index (κ3) is 4.95. The van der Waals surface area contributed by atoms with E-state index in [4.69, 9.17) is 15.2 Å². The van der Waals surface area contributed by atoms with E-state index in [9.17, 15) is 0 Å². The van der Waals surface area contributed by atoms with Gasteiger partial charge >= 0.3 is 0 Å². The van der Waals surface area contributed by atoms with Crippen molar-refractivity contribution in [1.29, 1.82) is 0 Å². The average molecular weight is 396 g/mol. The number of thioether (sulfide) groups is 1. The summed E-state index contributed by atoms with van der Waals surface area (Å²) in [6.45, 7) is 1.24. The fourth-order valence-corrected chi connectivity index (χ4v) is 4.25. The van der Waals surface area contributed by atoms with Crippen molar-refractivity contribution in [1.82, 2.24) is 9.55 Å². The van der Waals surface area contributed by atoms with Crippen LogP contribution in [0.3, 0.4) is 0 Å². The second-order valence-corrected chi connectivity index (χ2v) is 8.16. The van der Waals surface area contributed by atoms with Crippen LogP contribution >= 0.6 is 11.8 Å². The zero-order valence-corrected chi connectivity index (χ0v) is 16.6. The van der Waals surface area contributed by atoms with Crippen molar-refractivity contribution in [2.45, 2.75) is 36.2 Å². The summed E-state index contributed by atoms with van der Waals surface area (Å²) in [5.41, 5.74) is 7.84. The molecule has 1 saturated heterocycles. The predicted molar refractivity (Wildman–Crippen MR) is 112 cm³/mol. The first kappa shape index (κ1) is 19.1. The Labute approximate surface area is 169 Å². The third-order valence-electron chi connectivity index (χ3n) is 4.85. The summed E-state index contributed by atoms with van der Waals surface area (Å²) in [5, 5.41) is 0. The Kier molecular flexibility index (Phi) is 6.00. The molecule has 2 N–H and O–H groups in total. The fourth-order valence-electron chi connectivity index (χ4n) is 3.38. The van der Waals surface area contributed by atoms with Gasteiger partial charge in [0.1, 0.15) is 0 Å². The number of aryl methyl sites for hydroxylation is 1. The SMILES string of the molecule is Nc1ccc(SC[C@H]2CO[C@@](CCc3ccccc3)(Cn3ccnc3)O2)cc1. The van der Waals surface area contributed by atoms with E-state index in [2.05, 4.69) is 29.2 Å². The van der Waals surface area contributed by atoms with Gasteiger partial charge in [-0.15, -0.1) is 11.8 Å². The van der Waals surface area contributed by atoms with Crippen LogP contribution in [0.1, 0.15) is 12.0 Å². The van der Waals surface area contributed by atoms with Crippen LogP contribution in [0, 0.1) is 0 Å². The first-order valence-corrected chi connectivity index (χ1v) is 10.5. The molecule has 2 atom stereocenters. The molecule has 6 heteroatoms. The van der Waals surface area contributed by atoms with Crippen LogP contribution in [0.4, 0.5) is 5.69 Å². The van der Waals surface area contributed by atoms with Crippen molar-refractivity contribution in [3.63, 3.8) is 0 Å². The van der Waals surface area contributed by atoms with Crippen molar-refractivity contribution < 1.29 is 9.47 Å². The van der Waals surface area contributed by atoms with E-state index in [1.54, 1.807) is 18.0 Å². The summed E-state index contributed by atoms with van der Waals surface area (Å²) in [4.78, 5) is 5.34. The van der Waals surface area contributed by atoms with Crippen molar-refractivity contribution in [2.75, 3.05) is 18.1 Å². The van der Waals surface area contributed by atoms with Gasteiger partial charge < -0.3 is 19.8 Å². The van der Waals surface area contributed by atoms with Gasteiger partial charge in [-0.25, -0.2) is 4.98 Å². The van der Waals surface area contributed by atoms with E-state index >= 15 is 0 Å². The van der Waals surface area contributed by atoms with Crippen LogP contribution in [0.2, 0.25) is 0 Å². The number of hydrogen-bond acceptors (Lipinski definition) is 5. The van der Waals surface area contributed by atoms with Crippen LogP contribution in [0.5, 0.6) is 0 Å². The summed E-state index contributed by atoms with van der Waals surface area (Å²) >= 11 is 1.77. The van der Waals surface area contributed by atoms with Gasteiger partial charge in [-0.2, -0.15) is 0 Å². The largest absolute Gasteiger partial charge is 0.399 e. The van der Waals surface area contributed by atoms with Crippen LogP contribution in [0.15, 0.2) is 78.2 Å². The maximum absolute atomic E-state index is 6.47. The second kappa shape index (κ2) is 8.82. The smallest absolute Gasteiger partial charge is 0.187 e. The molecule has 1 aliphatic rings. The molecule has 2 aromatic carbocycles. The predicted octanol–water partition coefficient (Wildman–Crippen LogP) is 4.00. The highest BCUT2D eigenvalue weighted by Gasteiger charge is 2.41. The minimum atomic E-state index is -0.622. The van der Waals surface area contributed by atoms with Gasteiger partial charge in [-0.1, -0.05) is 30.3 Å². The molecule has 5 nitrogen and oxygen atoms in total. The Morgan fingerprint density at radius 1 is 1.14 bits per heavy atom. The Morgan fingerprint density at radius 2 is 1.96 bits per heavy atom. The quantitative estimate of drug-likeness (QED) is 0.461. The van der Waals surface area contributed by atoms with E-state index in [1.807, 2.05) is 47.4 Å². The topological polar surface area (TPSA) is 62.3 Å². The Bertz CT molecular complexity index is 855. The molecule has 0 bridgehead atoms. The van der Waals surface area contributed by atoms with Gasteiger partial charge in [0.15, 0.2) is 5.79 Å². The molecule has 28 heavy (non-hydrogen) atoms. The molecule has 2 heterocycles. The van der Waals surface area contributed by atoms with Crippen LogP contribution < -0.4 is 5.73 Å². The van der Waals surface area contributed by atoms with Crippen LogP contribution in [-0.2, 0) is 22.4 Å².